The molecule has 0 aliphatic carbocycles. The van der Waals surface area contributed by atoms with Gasteiger partial charge in [0, 0.05) is 37.9 Å². The minimum Gasteiger partial charge on any atom is -0.494 e. The molecule has 4 heteroatoms. The molecule has 6 rings (SSSR count). The van der Waals surface area contributed by atoms with E-state index in [1.54, 1.807) is 0 Å². The Morgan fingerprint density at radius 3 is 1.67 bits per heavy atom. The van der Waals surface area contributed by atoms with E-state index in [9.17, 15) is 0 Å². The molecule has 5 aromatic carbocycles. The Morgan fingerprint density at radius 1 is 0.627 bits per heavy atom. The third kappa shape index (κ3) is 9.44. The number of rotatable bonds is 12. The van der Waals surface area contributed by atoms with Crippen LogP contribution in [0.25, 0.3) is 22.3 Å². The van der Waals surface area contributed by atoms with Crippen molar-refractivity contribution in [2.24, 2.45) is 0 Å². The van der Waals surface area contributed by atoms with Gasteiger partial charge in [-0.15, -0.1) is 12.4 Å². The second-order valence-corrected chi connectivity index (χ2v) is 14.7. The predicted molar refractivity (Wildman–Crippen MR) is 221 cm³/mol. The second-order valence-electron chi connectivity index (χ2n) is 14.7. The molecule has 1 aliphatic heterocycles. The van der Waals surface area contributed by atoms with Crippen LogP contribution in [0.15, 0.2) is 97.1 Å². The van der Waals surface area contributed by atoms with Crippen LogP contribution in [-0.4, -0.2) is 30.6 Å². The summed E-state index contributed by atoms with van der Waals surface area (Å²) < 4.78 is 6.04. The zero-order valence-corrected chi connectivity index (χ0v) is 32.7. The van der Waals surface area contributed by atoms with Crippen LogP contribution < -0.4 is 9.64 Å². The molecule has 51 heavy (non-hydrogen) atoms. The van der Waals surface area contributed by atoms with Gasteiger partial charge in [-0.2, -0.15) is 0 Å². The van der Waals surface area contributed by atoms with Crippen molar-refractivity contribution < 1.29 is 4.74 Å². The van der Waals surface area contributed by atoms with Crippen molar-refractivity contribution in [2.75, 3.05) is 24.6 Å². The van der Waals surface area contributed by atoms with Crippen molar-refractivity contribution in [1.29, 1.82) is 0 Å². The summed E-state index contributed by atoms with van der Waals surface area (Å²) in [5.74, 6) is 0.960. The molecule has 1 heterocycles. The van der Waals surface area contributed by atoms with Crippen molar-refractivity contribution in [3.63, 3.8) is 0 Å². The van der Waals surface area contributed by atoms with Gasteiger partial charge in [0.25, 0.3) is 0 Å². The lowest BCUT2D eigenvalue weighted by Crippen LogP contribution is -2.44. The van der Waals surface area contributed by atoms with E-state index in [0.717, 1.165) is 64.2 Å². The summed E-state index contributed by atoms with van der Waals surface area (Å²) in [6.45, 7) is 20.4. The minimum atomic E-state index is 0. The number of halogens is 1. The monoisotopic (exact) mass is 700 g/mol. The predicted octanol–water partition coefficient (Wildman–Crippen LogP) is 12.1. The molecular weight excluding hydrogens is 644 g/mol. The molecule has 0 bridgehead atoms. The Balaban J connectivity index is 0.00000504. The Hall–Kier alpha value is -4.05. The van der Waals surface area contributed by atoms with Gasteiger partial charge in [-0.05, 0) is 164 Å². The number of piperidine rings is 1. The summed E-state index contributed by atoms with van der Waals surface area (Å²) in [6.07, 6.45) is 4.50. The number of hydrogen-bond acceptors (Lipinski definition) is 3. The maximum absolute atomic E-state index is 6.04. The molecule has 0 N–H and O–H groups in total. The number of unbranched alkanes of at least 4 members (excludes halogenated alkanes) is 1. The number of ether oxygens (including phenoxy) is 1. The van der Waals surface area contributed by atoms with Crippen molar-refractivity contribution in [1.82, 2.24) is 4.90 Å². The Bertz CT molecular complexity index is 1860. The topological polar surface area (TPSA) is 15.7 Å². The minimum absolute atomic E-state index is 0. The molecule has 0 atom stereocenters. The summed E-state index contributed by atoms with van der Waals surface area (Å²) in [4.78, 5) is 5.30. The molecule has 0 aromatic heterocycles. The smallest absolute Gasteiger partial charge is 0.119 e. The van der Waals surface area contributed by atoms with E-state index in [-0.39, 0.29) is 12.4 Å². The summed E-state index contributed by atoms with van der Waals surface area (Å²) >= 11 is 0. The first kappa shape index (κ1) is 38.2. The van der Waals surface area contributed by atoms with Gasteiger partial charge in [0.1, 0.15) is 5.75 Å². The molecule has 5 aromatic rings. The molecule has 0 amide bonds. The summed E-state index contributed by atoms with van der Waals surface area (Å²) in [5, 5.41) is 0. The molecule has 1 aliphatic rings. The van der Waals surface area contributed by atoms with E-state index >= 15 is 0 Å². The van der Waals surface area contributed by atoms with Gasteiger partial charge in [0.15, 0.2) is 0 Å². The van der Waals surface area contributed by atoms with E-state index in [1.807, 2.05) is 0 Å². The van der Waals surface area contributed by atoms with E-state index in [1.165, 1.54) is 72.4 Å². The lowest BCUT2D eigenvalue weighted by molar-refractivity contribution is 0.201. The molecule has 0 unspecified atom stereocenters. The number of nitrogens with zero attached hydrogens (tertiary/aromatic N) is 2. The number of hydrogen-bond donors (Lipinski definition) is 0. The maximum atomic E-state index is 6.04. The van der Waals surface area contributed by atoms with Gasteiger partial charge in [-0.25, -0.2) is 0 Å². The van der Waals surface area contributed by atoms with Crippen LogP contribution in [0.5, 0.6) is 5.75 Å². The fourth-order valence-electron chi connectivity index (χ4n) is 7.45. The molecule has 0 spiro atoms. The average Bonchev–Trinajstić information content (AvgIpc) is 3.12. The van der Waals surface area contributed by atoms with Crippen molar-refractivity contribution in [3.05, 3.63) is 142 Å². The van der Waals surface area contributed by atoms with E-state index in [2.05, 4.69) is 155 Å². The van der Waals surface area contributed by atoms with Gasteiger partial charge in [0.2, 0.25) is 0 Å². The SMILES string of the molecule is CCCCOc1ccc(N(Cc2cccc(-c3cc(C)c(C)c(C)c3)c2)C2CCN(Cc3cccc(-c4cc(C)c(C)c(C)c4)c3)CC2)cc1.Cl. The van der Waals surface area contributed by atoms with E-state index in [4.69, 9.17) is 4.74 Å². The highest BCUT2D eigenvalue weighted by atomic mass is 35.5. The van der Waals surface area contributed by atoms with Gasteiger partial charge >= 0.3 is 0 Å². The first-order chi connectivity index (χ1) is 24.2. The molecule has 0 radical (unpaired) electrons. The quantitative estimate of drug-likeness (QED) is 0.120. The van der Waals surface area contributed by atoms with E-state index < -0.39 is 0 Å². The lowest BCUT2D eigenvalue weighted by atomic mass is 9.95. The number of anilines is 1. The van der Waals surface area contributed by atoms with Crippen LogP contribution in [0, 0.1) is 41.5 Å². The summed E-state index contributed by atoms with van der Waals surface area (Å²) in [7, 11) is 0. The largest absolute Gasteiger partial charge is 0.494 e. The lowest BCUT2D eigenvalue weighted by Gasteiger charge is -2.40. The standard InChI is InChI=1S/C47H56N2O.ClH/c1-8-9-24-50-47-18-16-45(17-19-47)49(32-40-13-11-15-42(30-40)44-27-35(4)38(7)36(5)28-44)46-20-22-48(23-21-46)31-39-12-10-14-41(29-39)43-25-33(2)37(6)34(3)26-43;/h10-19,25-30,46H,8-9,20-24,31-32H2,1-7H3;1H. The average molecular weight is 701 g/mol. The first-order valence-corrected chi connectivity index (χ1v) is 18.7. The second kappa shape index (κ2) is 17.4. The van der Waals surface area contributed by atoms with Crippen LogP contribution in [-0.2, 0) is 13.1 Å². The number of benzene rings is 5. The molecular formula is C47H57ClN2O. The van der Waals surface area contributed by atoms with Crippen molar-refractivity contribution in [2.45, 2.75) is 93.3 Å². The summed E-state index contributed by atoms with van der Waals surface area (Å²) in [5.41, 5.74) is 17.5. The third-order valence-corrected chi connectivity index (χ3v) is 11.1. The van der Waals surface area contributed by atoms with Crippen LogP contribution in [0.4, 0.5) is 5.69 Å². The molecule has 268 valence electrons. The highest BCUT2D eigenvalue weighted by Crippen LogP contribution is 2.32. The Kier molecular flexibility index (Phi) is 13.1. The Labute approximate surface area is 314 Å². The Morgan fingerprint density at radius 2 is 1.14 bits per heavy atom. The highest BCUT2D eigenvalue weighted by molar-refractivity contribution is 5.85. The molecule has 0 saturated carbocycles. The van der Waals surface area contributed by atoms with Gasteiger partial charge in [-0.1, -0.05) is 74.0 Å². The zero-order valence-electron chi connectivity index (χ0n) is 31.9. The fourth-order valence-corrected chi connectivity index (χ4v) is 7.45. The van der Waals surface area contributed by atoms with Crippen LogP contribution in [0.3, 0.4) is 0 Å². The first-order valence-electron chi connectivity index (χ1n) is 18.7. The highest BCUT2D eigenvalue weighted by Gasteiger charge is 2.26. The van der Waals surface area contributed by atoms with Crippen LogP contribution in [0.2, 0.25) is 0 Å². The number of aryl methyl sites for hydroxylation is 4. The van der Waals surface area contributed by atoms with Gasteiger partial charge in [0.05, 0.1) is 6.61 Å². The zero-order chi connectivity index (χ0) is 35.2. The van der Waals surface area contributed by atoms with E-state index in [0.29, 0.717) is 6.04 Å². The van der Waals surface area contributed by atoms with Crippen LogP contribution >= 0.6 is 12.4 Å². The molecule has 3 nitrogen and oxygen atoms in total. The molecule has 1 fully saturated rings. The molecule has 1 saturated heterocycles. The maximum Gasteiger partial charge on any atom is 0.119 e. The van der Waals surface area contributed by atoms with Crippen molar-refractivity contribution >= 4 is 18.1 Å². The van der Waals surface area contributed by atoms with Gasteiger partial charge < -0.3 is 9.64 Å². The third-order valence-electron chi connectivity index (χ3n) is 11.1. The normalized spacial score (nSPS) is 13.5. The van der Waals surface area contributed by atoms with Crippen molar-refractivity contribution in [3.8, 4) is 28.0 Å². The van der Waals surface area contributed by atoms with Gasteiger partial charge in [-0.3, -0.25) is 4.90 Å². The summed E-state index contributed by atoms with van der Waals surface area (Å²) in [6, 6.07) is 37.0. The fraction of sp³-hybridized carbons (Fsp3) is 0.362. The number of likely N-dealkylation sites (tertiary alicyclic amines) is 1. The van der Waals surface area contributed by atoms with Crippen LogP contribution in [0.1, 0.15) is 77.1 Å².